The van der Waals surface area contributed by atoms with E-state index in [2.05, 4.69) is 5.32 Å². The Bertz CT molecular complexity index is 587. The molecule has 1 aliphatic heterocycles. The molecule has 1 aromatic carbocycles. The maximum Gasteiger partial charge on any atom is 0.240 e. The lowest BCUT2D eigenvalue weighted by molar-refractivity contribution is -0.135. The first kappa shape index (κ1) is 16.3. The van der Waals surface area contributed by atoms with E-state index in [0.717, 1.165) is 0 Å². The fraction of sp³-hybridized carbons (Fsp3) is 0.467. The summed E-state index contributed by atoms with van der Waals surface area (Å²) in [6, 6.07) is 4.38. The summed E-state index contributed by atoms with van der Waals surface area (Å²) in [6.45, 7) is 6.59. The number of nitrogens with one attached hydrogen (secondary N) is 1. The van der Waals surface area contributed by atoms with Crippen molar-refractivity contribution in [1.82, 2.24) is 10.2 Å². The van der Waals surface area contributed by atoms with Crippen LogP contribution in [0.3, 0.4) is 0 Å². The number of hydrogen-bond acceptors (Lipinski definition) is 3. The van der Waals surface area contributed by atoms with Gasteiger partial charge in [-0.1, -0.05) is 23.2 Å². The number of nitrogens with zero attached hydrogens (tertiary/aromatic N) is 1. The van der Waals surface area contributed by atoms with E-state index < -0.39 is 11.6 Å². The van der Waals surface area contributed by atoms with Crippen molar-refractivity contribution in [3.63, 3.8) is 0 Å². The quantitative estimate of drug-likeness (QED) is 0.868. The number of piperazine rings is 1. The van der Waals surface area contributed by atoms with Gasteiger partial charge >= 0.3 is 0 Å². The molecular formula is C15H18Cl2N2O2. The topological polar surface area (TPSA) is 49.4 Å². The van der Waals surface area contributed by atoms with Gasteiger partial charge in [-0.25, -0.2) is 0 Å². The number of halogens is 2. The van der Waals surface area contributed by atoms with Crippen LogP contribution >= 0.6 is 23.2 Å². The highest BCUT2D eigenvalue weighted by atomic mass is 35.5. The highest BCUT2D eigenvalue weighted by molar-refractivity contribution is 6.37. The Labute approximate surface area is 134 Å². The van der Waals surface area contributed by atoms with E-state index in [1.54, 1.807) is 25.1 Å². The van der Waals surface area contributed by atoms with Gasteiger partial charge in [0.25, 0.3) is 0 Å². The van der Waals surface area contributed by atoms with E-state index in [4.69, 9.17) is 23.2 Å². The zero-order valence-corrected chi connectivity index (χ0v) is 13.8. The summed E-state index contributed by atoms with van der Waals surface area (Å²) in [5, 5.41) is 3.64. The van der Waals surface area contributed by atoms with Crippen molar-refractivity contribution in [1.29, 1.82) is 0 Å². The molecule has 1 N–H and O–H groups in total. The lowest BCUT2D eigenvalue weighted by Gasteiger charge is -2.44. The summed E-state index contributed by atoms with van der Waals surface area (Å²) < 4.78 is 0. The van der Waals surface area contributed by atoms with Gasteiger partial charge in [0, 0.05) is 23.7 Å². The van der Waals surface area contributed by atoms with Gasteiger partial charge in [-0.3, -0.25) is 14.5 Å². The molecule has 1 unspecified atom stereocenters. The monoisotopic (exact) mass is 328 g/mol. The van der Waals surface area contributed by atoms with Crippen LogP contribution in [-0.2, 0) is 4.79 Å². The second kappa shape index (κ2) is 5.95. The number of Topliss-reactive ketones (excluding diaryl/α,β-unsaturated/α-hetero) is 1. The smallest absolute Gasteiger partial charge is 0.240 e. The van der Waals surface area contributed by atoms with Gasteiger partial charge in [0.2, 0.25) is 5.91 Å². The van der Waals surface area contributed by atoms with Crippen molar-refractivity contribution >= 4 is 34.9 Å². The van der Waals surface area contributed by atoms with E-state index in [-0.39, 0.29) is 11.7 Å². The average Bonchev–Trinajstić information content (AvgIpc) is 2.40. The molecule has 4 nitrogen and oxygen atoms in total. The molecule has 1 amide bonds. The Morgan fingerprint density at radius 2 is 2.05 bits per heavy atom. The molecule has 0 spiro atoms. The summed E-state index contributed by atoms with van der Waals surface area (Å²) >= 11 is 12.0. The summed E-state index contributed by atoms with van der Waals surface area (Å²) in [5.41, 5.74) is -0.304. The highest BCUT2D eigenvalue weighted by Crippen LogP contribution is 2.26. The molecule has 1 atom stereocenters. The van der Waals surface area contributed by atoms with Crippen molar-refractivity contribution in [2.75, 3.05) is 13.1 Å². The molecule has 1 aliphatic rings. The predicted octanol–water partition coefficient (Wildman–Crippen LogP) is 2.78. The SMILES string of the molecule is CC(C(=O)c1ccc(Cl)cc1Cl)N1CCNC(=O)C1(C)C. The number of carbonyl (C=O) groups excluding carboxylic acids is 2. The fourth-order valence-electron chi connectivity index (χ4n) is 2.65. The molecular weight excluding hydrogens is 311 g/mol. The van der Waals surface area contributed by atoms with Crippen molar-refractivity contribution in [3.8, 4) is 0 Å². The van der Waals surface area contributed by atoms with Crippen molar-refractivity contribution < 1.29 is 9.59 Å². The van der Waals surface area contributed by atoms with Crippen LogP contribution < -0.4 is 5.32 Å². The lowest BCUT2D eigenvalue weighted by atomic mass is 9.93. The van der Waals surface area contributed by atoms with Crippen LogP contribution in [0.4, 0.5) is 0 Å². The molecule has 0 bridgehead atoms. The van der Waals surface area contributed by atoms with Gasteiger partial charge in [-0.15, -0.1) is 0 Å². The third-order valence-corrected chi connectivity index (χ3v) is 4.50. The molecule has 0 radical (unpaired) electrons. The number of ketones is 1. The van der Waals surface area contributed by atoms with Crippen molar-refractivity contribution in [3.05, 3.63) is 33.8 Å². The summed E-state index contributed by atoms with van der Waals surface area (Å²) in [6.07, 6.45) is 0. The Kier molecular flexibility index (Phi) is 4.61. The minimum Gasteiger partial charge on any atom is -0.353 e. The minimum atomic E-state index is -0.730. The second-order valence-corrected chi connectivity index (χ2v) is 6.52. The molecule has 0 saturated carbocycles. The third kappa shape index (κ3) is 3.07. The summed E-state index contributed by atoms with van der Waals surface area (Å²) in [7, 11) is 0. The number of rotatable bonds is 3. The van der Waals surface area contributed by atoms with Gasteiger partial charge in [0.15, 0.2) is 5.78 Å². The van der Waals surface area contributed by atoms with Gasteiger partial charge in [-0.05, 0) is 39.0 Å². The van der Waals surface area contributed by atoms with E-state index >= 15 is 0 Å². The Balaban J connectivity index is 2.28. The normalized spacial score (nSPS) is 20.0. The number of hydrogen-bond donors (Lipinski definition) is 1. The molecule has 1 aromatic rings. The van der Waals surface area contributed by atoms with Crippen LogP contribution in [0.1, 0.15) is 31.1 Å². The maximum absolute atomic E-state index is 12.7. The van der Waals surface area contributed by atoms with Gasteiger partial charge in [-0.2, -0.15) is 0 Å². The predicted molar refractivity (Wildman–Crippen MR) is 84.0 cm³/mol. The molecule has 0 aromatic heterocycles. The van der Waals surface area contributed by atoms with Crippen molar-refractivity contribution in [2.45, 2.75) is 32.4 Å². The Hall–Kier alpha value is -1.10. The maximum atomic E-state index is 12.7. The van der Waals surface area contributed by atoms with Crippen LogP contribution in [0.5, 0.6) is 0 Å². The number of carbonyl (C=O) groups is 2. The first-order chi connectivity index (χ1) is 9.75. The molecule has 1 saturated heterocycles. The fourth-order valence-corrected chi connectivity index (χ4v) is 3.15. The van der Waals surface area contributed by atoms with Crippen LogP contribution in [0.2, 0.25) is 10.0 Å². The first-order valence-corrected chi connectivity index (χ1v) is 7.55. The molecule has 114 valence electrons. The number of amides is 1. The second-order valence-electron chi connectivity index (χ2n) is 5.67. The van der Waals surface area contributed by atoms with E-state index in [1.807, 2.05) is 18.7 Å². The number of benzene rings is 1. The zero-order chi connectivity index (χ0) is 15.8. The minimum absolute atomic E-state index is 0.0735. The van der Waals surface area contributed by atoms with E-state index in [9.17, 15) is 9.59 Å². The summed E-state index contributed by atoms with van der Waals surface area (Å²) in [5.74, 6) is -0.185. The molecule has 6 heteroatoms. The largest absolute Gasteiger partial charge is 0.353 e. The van der Waals surface area contributed by atoms with Gasteiger partial charge in [0.1, 0.15) is 0 Å². The van der Waals surface area contributed by atoms with E-state index in [0.29, 0.717) is 28.7 Å². The van der Waals surface area contributed by atoms with Crippen LogP contribution in [0, 0.1) is 0 Å². The Morgan fingerprint density at radius 3 is 2.67 bits per heavy atom. The zero-order valence-electron chi connectivity index (χ0n) is 12.2. The van der Waals surface area contributed by atoms with Gasteiger partial charge < -0.3 is 5.32 Å². The van der Waals surface area contributed by atoms with Crippen LogP contribution in [0.15, 0.2) is 18.2 Å². The first-order valence-electron chi connectivity index (χ1n) is 6.79. The van der Waals surface area contributed by atoms with Crippen LogP contribution in [-0.4, -0.2) is 41.3 Å². The lowest BCUT2D eigenvalue weighted by Crippen LogP contribution is -2.65. The van der Waals surface area contributed by atoms with Gasteiger partial charge in [0.05, 0.1) is 16.6 Å². The molecule has 21 heavy (non-hydrogen) atoms. The summed E-state index contributed by atoms with van der Waals surface area (Å²) in [4.78, 5) is 26.6. The highest BCUT2D eigenvalue weighted by Gasteiger charge is 2.42. The van der Waals surface area contributed by atoms with Crippen molar-refractivity contribution in [2.24, 2.45) is 0 Å². The molecule has 1 fully saturated rings. The van der Waals surface area contributed by atoms with Crippen LogP contribution in [0.25, 0.3) is 0 Å². The standard InChI is InChI=1S/C15H18Cl2N2O2/c1-9(19-7-6-18-14(21)15(19,2)3)13(20)11-5-4-10(16)8-12(11)17/h4-5,8-9H,6-7H2,1-3H3,(H,18,21). The molecule has 2 rings (SSSR count). The third-order valence-electron chi connectivity index (χ3n) is 3.96. The molecule has 0 aliphatic carbocycles. The Morgan fingerprint density at radius 1 is 1.38 bits per heavy atom. The molecule has 1 heterocycles. The van der Waals surface area contributed by atoms with E-state index in [1.165, 1.54) is 0 Å². The average molecular weight is 329 g/mol.